The van der Waals surface area contributed by atoms with Gasteiger partial charge in [-0.15, -0.1) is 0 Å². The average Bonchev–Trinajstić information content (AvgIpc) is 2.19. The van der Waals surface area contributed by atoms with Crippen molar-refractivity contribution in [2.45, 2.75) is 18.4 Å². The van der Waals surface area contributed by atoms with Crippen LogP contribution in [0.25, 0.3) is 0 Å². The zero-order valence-electron chi connectivity index (χ0n) is 8.07. The zero-order valence-corrected chi connectivity index (χ0v) is 8.89. The van der Waals surface area contributed by atoms with Crippen molar-refractivity contribution < 1.29 is 5.11 Å². The van der Waals surface area contributed by atoms with Gasteiger partial charge in [0.15, 0.2) is 0 Å². The highest BCUT2D eigenvalue weighted by atomic mass is 32.2. The first-order chi connectivity index (χ1) is 6.71. The SMILES string of the molecule is Nc1cccc(C2(O)CCSCC2)c1. The standard InChI is InChI=1S/C11H15NOS/c12-10-3-1-2-9(8-10)11(13)4-6-14-7-5-11/h1-3,8,13H,4-7,12H2. The molecule has 0 radical (unpaired) electrons. The normalized spacial score (nSPS) is 20.6. The second kappa shape index (κ2) is 3.83. The molecule has 0 bridgehead atoms. The molecule has 1 aliphatic heterocycles. The molecule has 0 aliphatic carbocycles. The summed E-state index contributed by atoms with van der Waals surface area (Å²) in [6.07, 6.45) is 1.67. The third-order valence-electron chi connectivity index (χ3n) is 2.74. The molecule has 1 aromatic rings. The number of benzene rings is 1. The largest absolute Gasteiger partial charge is 0.399 e. The van der Waals surface area contributed by atoms with Gasteiger partial charge in [-0.1, -0.05) is 12.1 Å². The minimum absolute atomic E-state index is 0.638. The number of nitrogens with two attached hydrogens (primary N) is 1. The zero-order chi connectivity index (χ0) is 10.0. The van der Waals surface area contributed by atoms with Crippen molar-refractivity contribution in [1.82, 2.24) is 0 Å². The van der Waals surface area contributed by atoms with Gasteiger partial charge in [0.2, 0.25) is 0 Å². The van der Waals surface area contributed by atoms with Gasteiger partial charge in [0, 0.05) is 5.69 Å². The van der Waals surface area contributed by atoms with Crippen molar-refractivity contribution in [2.75, 3.05) is 17.2 Å². The fourth-order valence-electron chi connectivity index (χ4n) is 1.83. The van der Waals surface area contributed by atoms with Crippen molar-refractivity contribution in [2.24, 2.45) is 0 Å². The Kier molecular flexibility index (Phi) is 2.70. The van der Waals surface area contributed by atoms with E-state index in [1.165, 1.54) is 0 Å². The van der Waals surface area contributed by atoms with Gasteiger partial charge in [-0.05, 0) is 42.0 Å². The van der Waals surface area contributed by atoms with Crippen molar-refractivity contribution in [3.8, 4) is 0 Å². The van der Waals surface area contributed by atoms with Gasteiger partial charge in [-0.3, -0.25) is 0 Å². The summed E-state index contributed by atoms with van der Waals surface area (Å²) in [5, 5.41) is 10.4. The lowest BCUT2D eigenvalue weighted by atomic mass is 9.88. The third-order valence-corrected chi connectivity index (χ3v) is 3.73. The summed E-state index contributed by atoms with van der Waals surface area (Å²) in [4.78, 5) is 0. The van der Waals surface area contributed by atoms with Crippen molar-refractivity contribution >= 4 is 17.4 Å². The minimum atomic E-state index is -0.638. The number of anilines is 1. The van der Waals surface area contributed by atoms with Gasteiger partial charge < -0.3 is 10.8 Å². The third kappa shape index (κ3) is 1.88. The molecule has 3 heteroatoms. The van der Waals surface area contributed by atoms with Gasteiger partial charge >= 0.3 is 0 Å². The topological polar surface area (TPSA) is 46.2 Å². The summed E-state index contributed by atoms with van der Waals surface area (Å²) >= 11 is 1.90. The van der Waals surface area contributed by atoms with Gasteiger partial charge in [0.25, 0.3) is 0 Å². The van der Waals surface area contributed by atoms with Crippen molar-refractivity contribution in [1.29, 1.82) is 0 Å². The number of rotatable bonds is 1. The first-order valence-electron chi connectivity index (χ1n) is 4.87. The maximum Gasteiger partial charge on any atom is 0.0913 e. The van der Waals surface area contributed by atoms with Crippen LogP contribution in [0.4, 0.5) is 5.69 Å². The van der Waals surface area contributed by atoms with E-state index in [0.717, 1.165) is 35.6 Å². The van der Waals surface area contributed by atoms with Gasteiger partial charge in [-0.25, -0.2) is 0 Å². The smallest absolute Gasteiger partial charge is 0.0913 e. The van der Waals surface area contributed by atoms with E-state index >= 15 is 0 Å². The molecule has 1 aromatic carbocycles. The Bertz CT molecular complexity index is 321. The van der Waals surface area contributed by atoms with E-state index < -0.39 is 5.60 Å². The van der Waals surface area contributed by atoms with Crippen LogP contribution in [0.15, 0.2) is 24.3 Å². The predicted molar refractivity (Wildman–Crippen MR) is 61.3 cm³/mol. The molecule has 76 valence electrons. The monoisotopic (exact) mass is 209 g/mol. The second-order valence-electron chi connectivity index (χ2n) is 3.77. The van der Waals surface area contributed by atoms with Gasteiger partial charge in [-0.2, -0.15) is 11.8 Å². The van der Waals surface area contributed by atoms with Crippen LogP contribution < -0.4 is 5.73 Å². The number of nitrogen functional groups attached to an aromatic ring is 1. The maximum absolute atomic E-state index is 10.4. The first-order valence-corrected chi connectivity index (χ1v) is 6.02. The Balaban J connectivity index is 2.28. The fourth-order valence-corrected chi connectivity index (χ4v) is 2.99. The Morgan fingerprint density at radius 2 is 2.00 bits per heavy atom. The maximum atomic E-state index is 10.4. The Labute approximate surface area is 88.5 Å². The van der Waals surface area contributed by atoms with Gasteiger partial charge in [0.1, 0.15) is 0 Å². The average molecular weight is 209 g/mol. The van der Waals surface area contributed by atoms with Crippen LogP contribution >= 0.6 is 11.8 Å². The van der Waals surface area contributed by atoms with Crippen LogP contribution in [0.1, 0.15) is 18.4 Å². The van der Waals surface area contributed by atoms with Crippen LogP contribution in [-0.2, 0) is 5.60 Å². The van der Waals surface area contributed by atoms with Crippen LogP contribution in [0, 0.1) is 0 Å². The Morgan fingerprint density at radius 1 is 1.29 bits per heavy atom. The van der Waals surface area contributed by atoms with Crippen LogP contribution in [0.5, 0.6) is 0 Å². The van der Waals surface area contributed by atoms with Crippen LogP contribution in [0.2, 0.25) is 0 Å². The second-order valence-corrected chi connectivity index (χ2v) is 4.99. The Morgan fingerprint density at radius 3 is 2.64 bits per heavy atom. The molecular formula is C11H15NOS. The van der Waals surface area contributed by atoms with Crippen molar-refractivity contribution in [3.05, 3.63) is 29.8 Å². The highest BCUT2D eigenvalue weighted by Crippen LogP contribution is 2.36. The summed E-state index contributed by atoms with van der Waals surface area (Å²) in [6, 6.07) is 7.61. The molecule has 0 spiro atoms. The lowest BCUT2D eigenvalue weighted by Crippen LogP contribution is -2.30. The predicted octanol–water partition coefficient (Wildman–Crippen LogP) is 1.98. The van der Waals surface area contributed by atoms with E-state index in [9.17, 15) is 5.11 Å². The number of thioether (sulfide) groups is 1. The van der Waals surface area contributed by atoms with Gasteiger partial charge in [0.05, 0.1) is 5.60 Å². The molecule has 1 heterocycles. The highest BCUT2D eigenvalue weighted by Gasteiger charge is 2.31. The van der Waals surface area contributed by atoms with E-state index in [2.05, 4.69) is 0 Å². The molecule has 0 aromatic heterocycles. The fraction of sp³-hybridized carbons (Fsp3) is 0.455. The van der Waals surface area contributed by atoms with E-state index in [-0.39, 0.29) is 0 Å². The molecule has 2 nitrogen and oxygen atoms in total. The molecule has 0 unspecified atom stereocenters. The van der Waals surface area contributed by atoms with Crippen LogP contribution in [-0.4, -0.2) is 16.6 Å². The number of aliphatic hydroxyl groups is 1. The van der Waals surface area contributed by atoms with E-state index in [1.54, 1.807) is 0 Å². The molecule has 0 atom stereocenters. The molecule has 1 saturated heterocycles. The molecule has 14 heavy (non-hydrogen) atoms. The van der Waals surface area contributed by atoms with Crippen LogP contribution in [0.3, 0.4) is 0 Å². The molecule has 0 saturated carbocycles. The first kappa shape index (κ1) is 9.87. The summed E-state index contributed by atoms with van der Waals surface area (Å²) < 4.78 is 0. The molecule has 2 rings (SSSR count). The highest BCUT2D eigenvalue weighted by molar-refractivity contribution is 7.99. The summed E-state index contributed by atoms with van der Waals surface area (Å²) in [6.45, 7) is 0. The minimum Gasteiger partial charge on any atom is -0.399 e. The molecule has 0 amide bonds. The van der Waals surface area contributed by atoms with E-state index in [1.807, 2.05) is 36.0 Å². The van der Waals surface area contributed by atoms with Crippen molar-refractivity contribution in [3.63, 3.8) is 0 Å². The summed E-state index contributed by atoms with van der Waals surface area (Å²) in [5.41, 5.74) is 6.77. The molecule has 3 N–H and O–H groups in total. The van der Waals surface area contributed by atoms with E-state index in [4.69, 9.17) is 5.73 Å². The lowest BCUT2D eigenvalue weighted by molar-refractivity contribution is 0.0281. The lowest BCUT2D eigenvalue weighted by Gasteiger charge is -2.32. The molecule has 1 aliphatic rings. The van der Waals surface area contributed by atoms with E-state index in [0.29, 0.717) is 0 Å². The summed E-state index contributed by atoms with van der Waals surface area (Å²) in [7, 11) is 0. The molecular weight excluding hydrogens is 194 g/mol. The summed E-state index contributed by atoms with van der Waals surface area (Å²) in [5.74, 6) is 2.07. The number of hydrogen-bond donors (Lipinski definition) is 2. The quantitative estimate of drug-likeness (QED) is 0.695. The molecule has 1 fully saturated rings. The Hall–Kier alpha value is -0.670. The number of hydrogen-bond acceptors (Lipinski definition) is 3.